The minimum absolute atomic E-state index is 0.121. The van der Waals surface area contributed by atoms with Gasteiger partial charge in [0.15, 0.2) is 0 Å². The molecule has 0 saturated carbocycles. The molecule has 0 aromatic heterocycles. The van der Waals surface area contributed by atoms with Crippen LogP contribution >= 0.6 is 0 Å². The number of nitrogens with zero attached hydrogens (tertiary/aromatic N) is 1. The zero-order chi connectivity index (χ0) is 16.5. The van der Waals surface area contributed by atoms with Crippen LogP contribution in [0.1, 0.15) is 44.6 Å². The number of benzene rings is 1. The van der Waals surface area contributed by atoms with Crippen LogP contribution in [0.4, 0.5) is 0 Å². The first-order chi connectivity index (χ1) is 11.2. The van der Waals surface area contributed by atoms with Gasteiger partial charge in [0.1, 0.15) is 5.75 Å². The van der Waals surface area contributed by atoms with Crippen molar-refractivity contribution in [3.8, 4) is 5.75 Å². The molecule has 4 heteroatoms. The first kappa shape index (κ1) is 17.3. The second kappa shape index (κ2) is 9.13. The van der Waals surface area contributed by atoms with Crippen molar-refractivity contribution in [2.45, 2.75) is 39.0 Å². The minimum atomic E-state index is -0.121. The summed E-state index contributed by atoms with van der Waals surface area (Å²) in [6.07, 6.45) is 6.41. The van der Waals surface area contributed by atoms with Crippen molar-refractivity contribution >= 4 is 17.8 Å². The molecule has 0 fully saturated rings. The largest absolute Gasteiger partial charge is 0.497 e. The van der Waals surface area contributed by atoms with E-state index in [1.165, 1.54) is 5.57 Å². The highest BCUT2D eigenvalue weighted by Crippen LogP contribution is 2.22. The lowest BCUT2D eigenvalue weighted by atomic mass is 9.95. The topological polar surface area (TPSA) is 47.9 Å². The SMILES string of the molecule is CCOC(=O)CCCC1=NCCC/C1=C\c1ccc(OC)cc1. The molecule has 2 rings (SSSR count). The lowest BCUT2D eigenvalue weighted by Crippen LogP contribution is -2.11. The Morgan fingerprint density at radius 3 is 2.78 bits per heavy atom. The Bertz CT molecular complexity index is 573. The summed E-state index contributed by atoms with van der Waals surface area (Å²) in [6.45, 7) is 3.16. The average Bonchev–Trinajstić information content (AvgIpc) is 2.57. The van der Waals surface area contributed by atoms with Crippen molar-refractivity contribution in [3.05, 3.63) is 35.4 Å². The molecule has 1 aliphatic rings. The number of methoxy groups -OCH3 is 1. The van der Waals surface area contributed by atoms with Crippen molar-refractivity contribution < 1.29 is 14.3 Å². The van der Waals surface area contributed by atoms with Gasteiger partial charge in [0.2, 0.25) is 0 Å². The molecule has 1 aromatic rings. The van der Waals surface area contributed by atoms with Gasteiger partial charge in [-0.3, -0.25) is 9.79 Å². The van der Waals surface area contributed by atoms with E-state index >= 15 is 0 Å². The number of rotatable bonds is 7. The molecule has 0 N–H and O–H groups in total. The Balaban J connectivity index is 1.98. The Hall–Kier alpha value is -2.10. The van der Waals surface area contributed by atoms with E-state index in [0.29, 0.717) is 13.0 Å². The van der Waals surface area contributed by atoms with Crippen LogP contribution in [0.3, 0.4) is 0 Å². The molecule has 0 amide bonds. The van der Waals surface area contributed by atoms with Crippen LogP contribution in [0.15, 0.2) is 34.8 Å². The van der Waals surface area contributed by atoms with E-state index < -0.39 is 0 Å². The van der Waals surface area contributed by atoms with E-state index in [4.69, 9.17) is 9.47 Å². The molecule has 1 aromatic carbocycles. The molecule has 0 unspecified atom stereocenters. The molecule has 0 atom stereocenters. The maximum absolute atomic E-state index is 11.4. The summed E-state index contributed by atoms with van der Waals surface area (Å²) in [5.74, 6) is 0.740. The Morgan fingerprint density at radius 2 is 2.09 bits per heavy atom. The van der Waals surface area contributed by atoms with E-state index in [-0.39, 0.29) is 5.97 Å². The summed E-state index contributed by atoms with van der Waals surface area (Å²) >= 11 is 0. The van der Waals surface area contributed by atoms with Gasteiger partial charge >= 0.3 is 5.97 Å². The summed E-state index contributed by atoms with van der Waals surface area (Å²) in [5.41, 5.74) is 3.57. The molecule has 0 radical (unpaired) electrons. The van der Waals surface area contributed by atoms with Gasteiger partial charge in [-0.15, -0.1) is 0 Å². The molecular formula is C19H25NO3. The number of carbonyl (C=O) groups excluding carboxylic acids is 1. The fraction of sp³-hybridized carbons (Fsp3) is 0.474. The van der Waals surface area contributed by atoms with E-state index in [1.807, 2.05) is 19.1 Å². The lowest BCUT2D eigenvalue weighted by molar-refractivity contribution is -0.143. The maximum Gasteiger partial charge on any atom is 0.305 e. The monoisotopic (exact) mass is 315 g/mol. The third-order valence-corrected chi connectivity index (χ3v) is 3.83. The minimum Gasteiger partial charge on any atom is -0.497 e. The number of aliphatic imine (C=N–C) groups is 1. The summed E-state index contributed by atoms with van der Waals surface area (Å²) in [6, 6.07) is 8.03. The van der Waals surface area contributed by atoms with Crippen LogP contribution in [0, 0.1) is 0 Å². The fourth-order valence-corrected chi connectivity index (χ4v) is 2.66. The van der Waals surface area contributed by atoms with Crippen LogP contribution in [0.2, 0.25) is 0 Å². The van der Waals surface area contributed by atoms with E-state index in [0.717, 1.165) is 49.3 Å². The normalized spacial score (nSPS) is 16.1. The summed E-state index contributed by atoms with van der Waals surface area (Å²) in [7, 11) is 1.67. The van der Waals surface area contributed by atoms with Gasteiger partial charge in [0.25, 0.3) is 0 Å². The molecule has 23 heavy (non-hydrogen) atoms. The first-order valence-corrected chi connectivity index (χ1v) is 8.27. The Morgan fingerprint density at radius 1 is 1.30 bits per heavy atom. The number of hydrogen-bond donors (Lipinski definition) is 0. The smallest absolute Gasteiger partial charge is 0.305 e. The number of esters is 1. The summed E-state index contributed by atoms with van der Waals surface area (Å²) in [4.78, 5) is 16.1. The second-order valence-electron chi connectivity index (χ2n) is 5.53. The van der Waals surface area contributed by atoms with Crippen LogP contribution in [0.25, 0.3) is 6.08 Å². The number of carbonyl (C=O) groups is 1. The third-order valence-electron chi connectivity index (χ3n) is 3.83. The van der Waals surface area contributed by atoms with Gasteiger partial charge in [0, 0.05) is 18.7 Å². The Labute approximate surface area is 138 Å². The van der Waals surface area contributed by atoms with Gasteiger partial charge in [-0.25, -0.2) is 0 Å². The summed E-state index contributed by atoms with van der Waals surface area (Å²) in [5, 5.41) is 0. The van der Waals surface area contributed by atoms with Crippen LogP contribution < -0.4 is 4.74 Å². The molecule has 0 bridgehead atoms. The van der Waals surface area contributed by atoms with Crippen molar-refractivity contribution in [1.82, 2.24) is 0 Å². The van der Waals surface area contributed by atoms with E-state index in [9.17, 15) is 4.79 Å². The lowest BCUT2D eigenvalue weighted by Gasteiger charge is -2.16. The fourth-order valence-electron chi connectivity index (χ4n) is 2.66. The molecule has 0 aliphatic carbocycles. The van der Waals surface area contributed by atoms with Gasteiger partial charge in [-0.05, 0) is 62.0 Å². The van der Waals surface area contributed by atoms with E-state index in [2.05, 4.69) is 23.2 Å². The zero-order valence-electron chi connectivity index (χ0n) is 14.0. The van der Waals surface area contributed by atoms with Crippen molar-refractivity contribution in [1.29, 1.82) is 0 Å². The second-order valence-corrected chi connectivity index (χ2v) is 5.53. The highest BCUT2D eigenvalue weighted by molar-refractivity contribution is 6.04. The van der Waals surface area contributed by atoms with Gasteiger partial charge in [-0.1, -0.05) is 12.1 Å². The molecule has 1 heterocycles. The predicted molar refractivity (Wildman–Crippen MR) is 93.0 cm³/mol. The van der Waals surface area contributed by atoms with Crippen molar-refractivity contribution in [2.75, 3.05) is 20.3 Å². The van der Waals surface area contributed by atoms with E-state index in [1.54, 1.807) is 7.11 Å². The third kappa shape index (κ3) is 5.55. The zero-order valence-corrected chi connectivity index (χ0v) is 14.0. The highest BCUT2D eigenvalue weighted by Gasteiger charge is 2.13. The number of hydrogen-bond acceptors (Lipinski definition) is 4. The summed E-state index contributed by atoms with van der Waals surface area (Å²) < 4.78 is 10.2. The van der Waals surface area contributed by atoms with Crippen molar-refractivity contribution in [3.63, 3.8) is 0 Å². The average molecular weight is 315 g/mol. The van der Waals surface area contributed by atoms with Crippen LogP contribution in [-0.2, 0) is 9.53 Å². The highest BCUT2D eigenvalue weighted by atomic mass is 16.5. The number of allylic oxidation sites excluding steroid dienone is 1. The molecular weight excluding hydrogens is 290 g/mol. The molecule has 1 aliphatic heterocycles. The van der Waals surface area contributed by atoms with Crippen molar-refractivity contribution in [2.24, 2.45) is 4.99 Å². The predicted octanol–water partition coefficient (Wildman–Crippen LogP) is 4.05. The molecule has 0 spiro atoms. The van der Waals surface area contributed by atoms with Crippen LogP contribution in [0.5, 0.6) is 5.75 Å². The Kier molecular flexibility index (Phi) is 6.85. The quantitative estimate of drug-likeness (QED) is 0.713. The van der Waals surface area contributed by atoms with Gasteiger partial charge in [0.05, 0.1) is 13.7 Å². The van der Waals surface area contributed by atoms with Gasteiger partial charge in [-0.2, -0.15) is 0 Å². The maximum atomic E-state index is 11.4. The number of ether oxygens (including phenoxy) is 2. The standard InChI is InChI=1S/C19H25NO3/c1-3-23-19(21)8-4-7-18-16(6-5-13-20-18)14-15-9-11-17(22-2)12-10-15/h9-12,14H,3-8,13H2,1-2H3/b16-14+. The molecule has 124 valence electrons. The van der Waals surface area contributed by atoms with Gasteiger partial charge < -0.3 is 9.47 Å². The first-order valence-electron chi connectivity index (χ1n) is 8.27. The molecule has 0 saturated heterocycles. The van der Waals surface area contributed by atoms with Crippen LogP contribution in [-0.4, -0.2) is 31.9 Å². The molecule has 4 nitrogen and oxygen atoms in total.